The molecule has 0 rings (SSSR count). The Hall–Kier alpha value is -5.49. The van der Waals surface area contributed by atoms with E-state index >= 15 is 0 Å². The lowest BCUT2D eigenvalue weighted by Gasteiger charge is -2.18. The zero-order valence-electron chi connectivity index (χ0n) is 45.4. The summed E-state index contributed by atoms with van der Waals surface area (Å²) in [6, 6.07) is 0. The summed E-state index contributed by atoms with van der Waals surface area (Å²) in [7, 11) is 0. The number of hydrogen-bond donors (Lipinski definition) is 0. The molecule has 0 saturated heterocycles. The first-order valence-corrected chi connectivity index (χ1v) is 27.8. The van der Waals surface area contributed by atoms with Gasteiger partial charge in [-0.1, -0.05) is 229 Å². The highest BCUT2D eigenvalue weighted by atomic mass is 16.6. The fourth-order valence-electron chi connectivity index (χ4n) is 6.62. The average Bonchev–Trinajstić information content (AvgIpc) is 3.38. The maximum absolute atomic E-state index is 12.9. The van der Waals surface area contributed by atoms with E-state index in [0.717, 1.165) is 128 Å². The van der Waals surface area contributed by atoms with E-state index in [1.807, 2.05) is 24.3 Å². The van der Waals surface area contributed by atoms with Crippen LogP contribution in [0.3, 0.4) is 0 Å². The van der Waals surface area contributed by atoms with Gasteiger partial charge in [-0.25, -0.2) is 0 Å². The lowest BCUT2D eigenvalue weighted by atomic mass is 10.1. The molecule has 0 fully saturated rings. The summed E-state index contributed by atoms with van der Waals surface area (Å²) in [4.78, 5) is 38.1. The summed E-state index contributed by atoms with van der Waals surface area (Å²) >= 11 is 0. The number of allylic oxidation sites excluding steroid dienone is 30. The summed E-state index contributed by atoms with van der Waals surface area (Å²) in [5.41, 5.74) is 0. The number of unbranched alkanes of at least 4 members (excludes halogenated alkanes) is 6. The van der Waals surface area contributed by atoms with Gasteiger partial charge in [-0.3, -0.25) is 14.4 Å². The van der Waals surface area contributed by atoms with E-state index in [1.54, 1.807) is 0 Å². The molecule has 6 heteroatoms. The van der Waals surface area contributed by atoms with Crippen LogP contribution >= 0.6 is 0 Å². The molecule has 0 bridgehead atoms. The van der Waals surface area contributed by atoms with Crippen LogP contribution in [0.5, 0.6) is 0 Å². The van der Waals surface area contributed by atoms with Gasteiger partial charge < -0.3 is 14.2 Å². The minimum absolute atomic E-state index is 0.157. The Labute approximate surface area is 440 Å². The van der Waals surface area contributed by atoms with Crippen molar-refractivity contribution in [3.8, 4) is 0 Å². The molecule has 0 saturated carbocycles. The maximum Gasteiger partial charge on any atom is 0.306 e. The van der Waals surface area contributed by atoms with Crippen LogP contribution in [0.25, 0.3) is 0 Å². The molecule has 0 aromatic rings. The quantitative estimate of drug-likeness (QED) is 0.0262. The monoisotopic (exact) mass is 987 g/mol. The van der Waals surface area contributed by atoms with Crippen molar-refractivity contribution in [3.05, 3.63) is 182 Å². The van der Waals surface area contributed by atoms with E-state index in [-0.39, 0.29) is 50.4 Å². The van der Waals surface area contributed by atoms with E-state index in [2.05, 4.69) is 179 Å². The Morgan fingerprint density at radius 1 is 0.278 bits per heavy atom. The number of rotatable bonds is 47. The van der Waals surface area contributed by atoms with Crippen molar-refractivity contribution in [1.82, 2.24) is 0 Å². The number of carbonyl (C=O) groups is 3. The molecule has 0 aliphatic carbocycles. The van der Waals surface area contributed by atoms with Crippen molar-refractivity contribution in [2.24, 2.45) is 0 Å². The largest absolute Gasteiger partial charge is 0.462 e. The zero-order chi connectivity index (χ0) is 52.2. The number of ether oxygens (including phenoxy) is 3. The van der Waals surface area contributed by atoms with Gasteiger partial charge in [0.2, 0.25) is 0 Å². The van der Waals surface area contributed by atoms with Crippen molar-refractivity contribution in [2.75, 3.05) is 13.2 Å². The lowest BCUT2D eigenvalue weighted by Crippen LogP contribution is -2.30. The van der Waals surface area contributed by atoms with Crippen LogP contribution in [0.4, 0.5) is 0 Å². The van der Waals surface area contributed by atoms with Crippen molar-refractivity contribution in [3.63, 3.8) is 0 Å². The zero-order valence-corrected chi connectivity index (χ0v) is 45.4. The van der Waals surface area contributed by atoms with Gasteiger partial charge in [0, 0.05) is 19.3 Å². The SMILES string of the molecule is CC/C=C\C/C=C\C/C=C\C/C=C\C/C=C\C/C=C\CCC(=O)OCC(COC(=O)CC/C=C\C/C=C\C/C=C\C/C=C\C/C=C\CC)OC(=O)CCCCCCCC/C=C\C/C=C\C/C=C\C/C=C\CC. The molecule has 1 unspecified atom stereocenters. The van der Waals surface area contributed by atoms with Gasteiger partial charge in [-0.15, -0.1) is 0 Å². The van der Waals surface area contributed by atoms with E-state index in [1.165, 1.54) is 12.8 Å². The average molecular weight is 988 g/mol. The normalized spacial score (nSPS) is 13.5. The van der Waals surface area contributed by atoms with Crippen LogP contribution in [-0.2, 0) is 28.6 Å². The van der Waals surface area contributed by atoms with Gasteiger partial charge in [0.25, 0.3) is 0 Å². The fraction of sp³-hybridized carbons (Fsp3) is 0.500. The molecule has 72 heavy (non-hydrogen) atoms. The Balaban J connectivity index is 4.67. The second-order valence-corrected chi connectivity index (χ2v) is 17.3. The molecule has 0 aliphatic rings. The maximum atomic E-state index is 12.9. The molecule has 0 aromatic heterocycles. The molecule has 0 radical (unpaired) electrons. The minimum Gasteiger partial charge on any atom is -0.462 e. The van der Waals surface area contributed by atoms with Crippen LogP contribution in [0.1, 0.15) is 194 Å². The molecule has 6 nitrogen and oxygen atoms in total. The molecule has 0 aromatic carbocycles. The summed E-state index contributed by atoms with van der Waals surface area (Å²) in [5.74, 6) is -1.15. The third-order valence-corrected chi connectivity index (χ3v) is 10.7. The highest BCUT2D eigenvalue weighted by Gasteiger charge is 2.19. The standard InChI is InChI=1S/C66H98O6/c1-4-7-10-13-16-19-22-25-28-31-33-35-38-41-44-47-50-53-56-59-65(68)71-62-63(61-70-64(67)58-55-52-49-46-43-40-37-30-27-24-21-18-15-12-9-6-3)72-66(69)60-57-54-51-48-45-42-39-36-34-32-29-26-23-20-17-14-11-8-5-2/h7-12,16-21,25-30,33-36,40-41,43-44,49-50,52-53,63H,4-6,13-15,22-24,31-32,37-39,42,45-48,51,54-62H2,1-3H3/b10-7-,11-8-,12-9-,19-16-,20-17-,21-18-,28-25-,29-26-,30-27-,35-33-,36-34-,43-40-,44-41-,52-49-,53-50-. The molecule has 0 N–H and O–H groups in total. The summed E-state index contributed by atoms with van der Waals surface area (Å²) in [6.45, 7) is 6.13. The van der Waals surface area contributed by atoms with Gasteiger partial charge in [0.15, 0.2) is 6.10 Å². The van der Waals surface area contributed by atoms with Crippen molar-refractivity contribution in [1.29, 1.82) is 0 Å². The van der Waals surface area contributed by atoms with Crippen molar-refractivity contribution >= 4 is 17.9 Å². The van der Waals surface area contributed by atoms with Gasteiger partial charge in [-0.2, -0.15) is 0 Å². The number of esters is 3. The second-order valence-electron chi connectivity index (χ2n) is 17.3. The second kappa shape index (κ2) is 58.1. The Morgan fingerprint density at radius 3 is 0.833 bits per heavy atom. The smallest absolute Gasteiger partial charge is 0.306 e. The molecule has 1 atom stereocenters. The first-order valence-electron chi connectivity index (χ1n) is 27.8. The summed E-state index contributed by atoms with van der Waals surface area (Å²) in [5, 5.41) is 0. The molecular formula is C66H98O6. The van der Waals surface area contributed by atoms with Gasteiger partial charge in [-0.05, 0) is 128 Å². The van der Waals surface area contributed by atoms with E-state index in [4.69, 9.17) is 14.2 Å². The first kappa shape index (κ1) is 66.5. The van der Waals surface area contributed by atoms with Crippen molar-refractivity contribution < 1.29 is 28.6 Å². The molecule has 0 heterocycles. The fourth-order valence-corrected chi connectivity index (χ4v) is 6.62. The van der Waals surface area contributed by atoms with E-state index in [0.29, 0.717) is 12.8 Å². The van der Waals surface area contributed by atoms with Gasteiger partial charge >= 0.3 is 17.9 Å². The third kappa shape index (κ3) is 55.4. The highest BCUT2D eigenvalue weighted by Crippen LogP contribution is 2.12. The van der Waals surface area contributed by atoms with E-state index in [9.17, 15) is 14.4 Å². The predicted octanol–water partition coefficient (Wildman–Crippen LogP) is 18.9. The molecule has 398 valence electrons. The van der Waals surface area contributed by atoms with Crippen LogP contribution in [0, 0.1) is 0 Å². The van der Waals surface area contributed by atoms with Gasteiger partial charge in [0.1, 0.15) is 13.2 Å². The highest BCUT2D eigenvalue weighted by molar-refractivity contribution is 5.71. The first-order chi connectivity index (χ1) is 35.5. The van der Waals surface area contributed by atoms with Crippen LogP contribution < -0.4 is 0 Å². The Morgan fingerprint density at radius 2 is 0.528 bits per heavy atom. The Kier molecular flexibility index (Phi) is 53.7. The Bertz CT molecular complexity index is 1750. The molecule has 0 spiro atoms. The van der Waals surface area contributed by atoms with Crippen LogP contribution in [0.2, 0.25) is 0 Å². The summed E-state index contributed by atoms with van der Waals surface area (Å²) < 4.78 is 16.7. The molecule has 0 amide bonds. The number of hydrogen-bond acceptors (Lipinski definition) is 6. The molecule has 0 aliphatic heterocycles. The topological polar surface area (TPSA) is 78.9 Å². The van der Waals surface area contributed by atoms with Gasteiger partial charge in [0.05, 0.1) is 0 Å². The van der Waals surface area contributed by atoms with Crippen LogP contribution in [0.15, 0.2) is 182 Å². The summed E-state index contributed by atoms with van der Waals surface area (Å²) in [6.07, 6.45) is 87.6. The van der Waals surface area contributed by atoms with Crippen molar-refractivity contribution in [2.45, 2.75) is 200 Å². The van der Waals surface area contributed by atoms with Crippen LogP contribution in [-0.4, -0.2) is 37.2 Å². The lowest BCUT2D eigenvalue weighted by molar-refractivity contribution is -0.166. The predicted molar refractivity (Wildman–Crippen MR) is 311 cm³/mol. The molecular weight excluding hydrogens is 889 g/mol. The number of carbonyl (C=O) groups excluding carboxylic acids is 3. The minimum atomic E-state index is -0.858. The third-order valence-electron chi connectivity index (χ3n) is 10.7. The van der Waals surface area contributed by atoms with E-state index < -0.39 is 6.10 Å².